The van der Waals surface area contributed by atoms with Gasteiger partial charge in [-0.1, -0.05) is 12.1 Å². The van der Waals surface area contributed by atoms with Crippen LogP contribution in [0.3, 0.4) is 0 Å². The number of ether oxygens (including phenoxy) is 2. The van der Waals surface area contributed by atoms with Crippen molar-refractivity contribution in [1.82, 2.24) is 10.3 Å². The molecule has 1 fully saturated rings. The first kappa shape index (κ1) is 17.6. The van der Waals surface area contributed by atoms with Crippen LogP contribution in [-0.4, -0.2) is 42.7 Å². The van der Waals surface area contributed by atoms with Crippen molar-refractivity contribution in [3.63, 3.8) is 0 Å². The van der Waals surface area contributed by atoms with E-state index in [0.29, 0.717) is 36.0 Å². The number of hydrogen-bond acceptors (Lipinski definition) is 6. The molecule has 0 radical (unpaired) electrons. The maximum atomic E-state index is 12.2. The quantitative estimate of drug-likeness (QED) is 0.830. The van der Waals surface area contributed by atoms with Crippen LogP contribution < -0.4 is 5.32 Å². The molecule has 0 bridgehead atoms. The third-order valence-corrected chi connectivity index (χ3v) is 5.10. The minimum Gasteiger partial charge on any atom is -0.462 e. The first-order chi connectivity index (χ1) is 12.1. The number of benzene rings is 1. The Morgan fingerprint density at radius 2 is 2.12 bits per heavy atom. The van der Waals surface area contributed by atoms with Crippen LogP contribution in [0, 0.1) is 6.92 Å². The Labute approximate surface area is 150 Å². The van der Waals surface area contributed by atoms with E-state index in [1.807, 2.05) is 12.1 Å². The summed E-state index contributed by atoms with van der Waals surface area (Å²) in [6.45, 7) is 5.16. The van der Waals surface area contributed by atoms with Crippen LogP contribution in [0.1, 0.15) is 39.1 Å². The second-order valence-electron chi connectivity index (χ2n) is 5.77. The maximum absolute atomic E-state index is 12.2. The fraction of sp³-hybridized carbons (Fsp3) is 0.389. The van der Waals surface area contributed by atoms with Gasteiger partial charge in [-0.3, -0.25) is 4.79 Å². The lowest BCUT2D eigenvalue weighted by Crippen LogP contribution is -2.34. The molecule has 2 aromatic rings. The molecule has 1 amide bonds. The molecular formula is C18H20N2O4S. The van der Waals surface area contributed by atoms with Gasteiger partial charge in [0.2, 0.25) is 0 Å². The zero-order chi connectivity index (χ0) is 17.8. The van der Waals surface area contributed by atoms with Gasteiger partial charge >= 0.3 is 5.97 Å². The number of hydrogen-bond donors (Lipinski definition) is 1. The number of amides is 1. The molecule has 1 atom stereocenters. The molecule has 1 saturated heterocycles. The minimum absolute atomic E-state index is 0.0842. The number of thiazole rings is 1. The van der Waals surface area contributed by atoms with Crippen molar-refractivity contribution in [2.75, 3.05) is 19.8 Å². The Kier molecular flexibility index (Phi) is 5.45. The molecule has 0 saturated carbocycles. The fourth-order valence-corrected chi connectivity index (χ4v) is 3.55. The van der Waals surface area contributed by atoms with E-state index in [0.717, 1.165) is 17.0 Å². The number of esters is 1. The molecule has 3 rings (SSSR count). The predicted molar refractivity (Wildman–Crippen MR) is 94.9 cm³/mol. The molecule has 2 heterocycles. The first-order valence-electron chi connectivity index (χ1n) is 8.22. The Morgan fingerprint density at radius 3 is 2.76 bits per heavy atom. The van der Waals surface area contributed by atoms with Crippen molar-refractivity contribution in [1.29, 1.82) is 0 Å². The Hall–Kier alpha value is -2.25. The molecule has 132 valence electrons. The van der Waals surface area contributed by atoms with Crippen molar-refractivity contribution in [3.8, 4) is 10.6 Å². The van der Waals surface area contributed by atoms with Crippen LogP contribution in [0.4, 0.5) is 0 Å². The summed E-state index contributed by atoms with van der Waals surface area (Å²) >= 11 is 1.30. The van der Waals surface area contributed by atoms with Crippen LogP contribution in [0.5, 0.6) is 0 Å². The van der Waals surface area contributed by atoms with E-state index in [1.54, 1.807) is 26.0 Å². The zero-order valence-electron chi connectivity index (χ0n) is 14.2. The van der Waals surface area contributed by atoms with Gasteiger partial charge in [-0.05, 0) is 32.4 Å². The molecule has 1 unspecified atom stereocenters. The van der Waals surface area contributed by atoms with Gasteiger partial charge in [0.05, 0.1) is 24.9 Å². The second kappa shape index (κ2) is 7.76. The number of nitrogens with one attached hydrogen (secondary N) is 1. The molecule has 1 aliphatic heterocycles. The van der Waals surface area contributed by atoms with Gasteiger partial charge in [-0.2, -0.15) is 0 Å². The third kappa shape index (κ3) is 4.05. The van der Waals surface area contributed by atoms with Crippen LogP contribution in [0.25, 0.3) is 10.6 Å². The molecule has 1 aromatic heterocycles. The van der Waals surface area contributed by atoms with Gasteiger partial charge in [-0.25, -0.2) is 9.78 Å². The summed E-state index contributed by atoms with van der Waals surface area (Å²) in [5.41, 5.74) is 2.11. The average Bonchev–Trinajstić information content (AvgIpc) is 3.25. The lowest BCUT2D eigenvalue weighted by atomic mass is 10.1. The summed E-state index contributed by atoms with van der Waals surface area (Å²) in [5.74, 6) is -0.455. The third-order valence-electron chi connectivity index (χ3n) is 3.92. The van der Waals surface area contributed by atoms with Gasteiger partial charge in [0.1, 0.15) is 9.88 Å². The molecular weight excluding hydrogens is 340 g/mol. The van der Waals surface area contributed by atoms with E-state index in [1.165, 1.54) is 11.3 Å². The van der Waals surface area contributed by atoms with E-state index in [-0.39, 0.29) is 17.9 Å². The number of nitrogens with zero attached hydrogens (tertiary/aromatic N) is 1. The second-order valence-corrected chi connectivity index (χ2v) is 6.76. The highest BCUT2D eigenvalue weighted by Crippen LogP contribution is 2.28. The van der Waals surface area contributed by atoms with Crippen molar-refractivity contribution in [2.24, 2.45) is 0 Å². The minimum atomic E-state index is -0.349. The Morgan fingerprint density at radius 1 is 1.36 bits per heavy atom. The van der Waals surface area contributed by atoms with E-state index in [9.17, 15) is 9.59 Å². The Bertz CT molecular complexity index is 764. The predicted octanol–water partition coefficient (Wildman–Crippen LogP) is 2.81. The van der Waals surface area contributed by atoms with Crippen LogP contribution >= 0.6 is 11.3 Å². The summed E-state index contributed by atoms with van der Waals surface area (Å²) < 4.78 is 10.3. The largest absolute Gasteiger partial charge is 0.462 e. The molecule has 6 nitrogen and oxygen atoms in total. The number of aryl methyl sites for hydroxylation is 1. The van der Waals surface area contributed by atoms with Crippen LogP contribution in [0.2, 0.25) is 0 Å². The normalized spacial score (nSPS) is 16.6. The molecule has 1 N–H and O–H groups in total. The molecule has 1 aromatic carbocycles. The van der Waals surface area contributed by atoms with E-state index in [2.05, 4.69) is 10.3 Å². The lowest BCUT2D eigenvalue weighted by molar-refractivity contribution is 0.0531. The van der Waals surface area contributed by atoms with Gasteiger partial charge < -0.3 is 14.8 Å². The van der Waals surface area contributed by atoms with E-state index < -0.39 is 0 Å². The van der Waals surface area contributed by atoms with Crippen molar-refractivity contribution < 1.29 is 19.1 Å². The topological polar surface area (TPSA) is 77.5 Å². The molecule has 1 aliphatic rings. The van der Waals surface area contributed by atoms with E-state index in [4.69, 9.17) is 9.47 Å². The number of carbonyl (C=O) groups is 2. The number of aromatic nitrogens is 1. The van der Waals surface area contributed by atoms with Crippen molar-refractivity contribution in [3.05, 3.63) is 40.4 Å². The summed E-state index contributed by atoms with van der Waals surface area (Å²) in [7, 11) is 0. The standard InChI is InChI=1S/C18H20N2O4S/c1-3-24-18(22)15-11(2)19-17(25-15)13-6-4-12(5-7-13)16(21)20-14-8-9-23-10-14/h4-7,14H,3,8-10H2,1-2H3,(H,20,21). The summed E-state index contributed by atoms with van der Waals surface area (Å²) in [4.78, 5) is 29.1. The SMILES string of the molecule is CCOC(=O)c1sc(-c2ccc(C(=O)NC3CCOC3)cc2)nc1C. The summed E-state index contributed by atoms with van der Waals surface area (Å²) in [6, 6.07) is 7.30. The first-order valence-corrected chi connectivity index (χ1v) is 9.03. The highest BCUT2D eigenvalue weighted by atomic mass is 32.1. The maximum Gasteiger partial charge on any atom is 0.350 e. The molecule has 7 heteroatoms. The fourth-order valence-electron chi connectivity index (χ4n) is 2.59. The molecule has 25 heavy (non-hydrogen) atoms. The smallest absolute Gasteiger partial charge is 0.350 e. The van der Waals surface area contributed by atoms with Crippen LogP contribution in [-0.2, 0) is 9.47 Å². The Balaban J connectivity index is 1.72. The van der Waals surface area contributed by atoms with Gasteiger partial charge in [0, 0.05) is 17.7 Å². The monoisotopic (exact) mass is 360 g/mol. The highest BCUT2D eigenvalue weighted by Gasteiger charge is 2.19. The number of carbonyl (C=O) groups excluding carboxylic acids is 2. The summed E-state index contributed by atoms with van der Waals surface area (Å²) in [6.07, 6.45) is 0.846. The van der Waals surface area contributed by atoms with Crippen LogP contribution in [0.15, 0.2) is 24.3 Å². The molecule has 0 aliphatic carbocycles. The van der Waals surface area contributed by atoms with Gasteiger partial charge in [0.15, 0.2) is 0 Å². The van der Waals surface area contributed by atoms with Crippen molar-refractivity contribution in [2.45, 2.75) is 26.3 Å². The van der Waals surface area contributed by atoms with Crippen molar-refractivity contribution >= 4 is 23.2 Å². The molecule has 0 spiro atoms. The zero-order valence-corrected chi connectivity index (χ0v) is 15.0. The highest BCUT2D eigenvalue weighted by molar-refractivity contribution is 7.17. The van der Waals surface area contributed by atoms with E-state index >= 15 is 0 Å². The number of rotatable bonds is 5. The lowest BCUT2D eigenvalue weighted by Gasteiger charge is -2.10. The average molecular weight is 360 g/mol. The summed E-state index contributed by atoms with van der Waals surface area (Å²) in [5, 5.41) is 3.69. The van der Waals surface area contributed by atoms with Gasteiger partial charge in [0.25, 0.3) is 5.91 Å². The van der Waals surface area contributed by atoms with Gasteiger partial charge in [-0.15, -0.1) is 11.3 Å².